The molecule has 0 amide bonds. The molecule has 1 heterocycles. The predicted molar refractivity (Wildman–Crippen MR) is 50.9 cm³/mol. The number of halogens is 4. The van der Waals surface area contributed by atoms with Crippen molar-refractivity contribution in [1.29, 1.82) is 0 Å². The van der Waals surface area contributed by atoms with Crippen LogP contribution in [0.5, 0.6) is 0 Å². The zero-order valence-corrected chi connectivity index (χ0v) is 8.38. The van der Waals surface area contributed by atoms with Crippen molar-refractivity contribution in [2.75, 3.05) is 13.2 Å². The summed E-state index contributed by atoms with van der Waals surface area (Å²) in [4.78, 5) is 3.77. The summed E-state index contributed by atoms with van der Waals surface area (Å²) in [6, 6.07) is 0. The molecule has 1 unspecified atom stereocenters. The molecule has 0 aromatic rings. The van der Waals surface area contributed by atoms with Crippen LogP contribution in [0, 0.1) is 0 Å². The highest BCUT2D eigenvalue weighted by Crippen LogP contribution is 2.24. The molecule has 0 radical (unpaired) electrons. The van der Waals surface area contributed by atoms with E-state index in [1.165, 1.54) is 6.21 Å². The molecule has 1 aliphatic rings. The van der Waals surface area contributed by atoms with Gasteiger partial charge in [-0.2, -0.15) is 8.78 Å². The van der Waals surface area contributed by atoms with Crippen molar-refractivity contribution in [3.05, 3.63) is 11.6 Å². The third kappa shape index (κ3) is 3.57. The molecular weight excluding hydrogens is 228 g/mol. The lowest BCUT2D eigenvalue weighted by molar-refractivity contribution is -0.174. The number of ether oxygens (including phenoxy) is 1. The predicted octanol–water partition coefficient (Wildman–Crippen LogP) is 1.59. The van der Waals surface area contributed by atoms with Gasteiger partial charge in [0, 0.05) is 19.2 Å². The lowest BCUT2D eigenvalue weighted by Gasteiger charge is -2.20. The summed E-state index contributed by atoms with van der Waals surface area (Å²) >= 11 is 0. The molecule has 16 heavy (non-hydrogen) atoms. The molecule has 92 valence electrons. The van der Waals surface area contributed by atoms with Gasteiger partial charge in [-0.1, -0.05) is 6.08 Å². The number of hydrogen-bond acceptors (Lipinski definition) is 3. The van der Waals surface area contributed by atoms with Crippen molar-refractivity contribution in [2.45, 2.75) is 25.0 Å². The Labute approximate surface area is 90.0 Å². The van der Waals surface area contributed by atoms with Crippen molar-refractivity contribution in [1.82, 2.24) is 0 Å². The number of dihydropyridines is 1. The number of alkyl halides is 4. The molecule has 0 bridgehead atoms. The van der Waals surface area contributed by atoms with Crippen LogP contribution in [0.15, 0.2) is 16.6 Å². The van der Waals surface area contributed by atoms with Crippen LogP contribution in [0.4, 0.5) is 17.6 Å². The largest absolute Gasteiger partial charge is 0.350 e. The Morgan fingerprint density at radius 3 is 2.69 bits per heavy atom. The van der Waals surface area contributed by atoms with Crippen LogP contribution in [0.1, 0.15) is 6.42 Å². The first kappa shape index (κ1) is 13.1. The summed E-state index contributed by atoms with van der Waals surface area (Å²) < 4.78 is 53.1. The van der Waals surface area contributed by atoms with E-state index in [4.69, 9.17) is 5.73 Å². The SMILES string of the molecule is NCC1=CCC(OCC(F)(F)C(F)F)N=C1. The Bertz CT molecular complexity index is 291. The van der Waals surface area contributed by atoms with E-state index in [0.717, 1.165) is 5.57 Å². The third-order valence-corrected chi connectivity index (χ3v) is 2.01. The maximum absolute atomic E-state index is 12.5. The summed E-state index contributed by atoms with van der Waals surface area (Å²) in [5, 5.41) is 0. The lowest BCUT2D eigenvalue weighted by atomic mass is 10.2. The van der Waals surface area contributed by atoms with E-state index in [2.05, 4.69) is 9.73 Å². The van der Waals surface area contributed by atoms with Crippen molar-refractivity contribution in [2.24, 2.45) is 10.7 Å². The van der Waals surface area contributed by atoms with E-state index < -0.39 is 25.2 Å². The van der Waals surface area contributed by atoms with Gasteiger partial charge in [0.15, 0.2) is 6.23 Å². The van der Waals surface area contributed by atoms with Crippen LogP contribution in [0.25, 0.3) is 0 Å². The summed E-state index contributed by atoms with van der Waals surface area (Å²) in [7, 11) is 0. The minimum Gasteiger partial charge on any atom is -0.350 e. The molecule has 1 rings (SSSR count). The zero-order chi connectivity index (χ0) is 12.2. The molecule has 0 aliphatic carbocycles. The van der Waals surface area contributed by atoms with E-state index in [-0.39, 0.29) is 6.42 Å². The normalized spacial score (nSPS) is 21.4. The number of hydrogen-bond donors (Lipinski definition) is 1. The number of nitrogens with two attached hydrogens (primary N) is 1. The fourth-order valence-electron chi connectivity index (χ4n) is 1.06. The Balaban J connectivity index is 2.37. The second kappa shape index (κ2) is 5.40. The molecule has 0 fully saturated rings. The van der Waals surface area contributed by atoms with Crippen molar-refractivity contribution in [3.63, 3.8) is 0 Å². The maximum Gasteiger partial charge on any atom is 0.330 e. The van der Waals surface area contributed by atoms with E-state index in [9.17, 15) is 17.6 Å². The molecule has 0 saturated carbocycles. The van der Waals surface area contributed by atoms with E-state index in [0.29, 0.717) is 6.54 Å². The molecule has 0 aromatic carbocycles. The van der Waals surface area contributed by atoms with Gasteiger partial charge < -0.3 is 10.5 Å². The van der Waals surface area contributed by atoms with Crippen molar-refractivity contribution >= 4 is 6.21 Å². The molecule has 1 atom stereocenters. The summed E-state index contributed by atoms with van der Waals surface area (Å²) in [5.41, 5.74) is 6.08. The number of aliphatic imine (C=N–C) groups is 1. The van der Waals surface area contributed by atoms with E-state index >= 15 is 0 Å². The Morgan fingerprint density at radius 1 is 1.56 bits per heavy atom. The first-order chi connectivity index (χ1) is 7.45. The van der Waals surface area contributed by atoms with Crippen LogP contribution >= 0.6 is 0 Å². The van der Waals surface area contributed by atoms with Gasteiger partial charge in [-0.25, -0.2) is 8.78 Å². The van der Waals surface area contributed by atoms with E-state index in [1.54, 1.807) is 6.08 Å². The Kier molecular flexibility index (Phi) is 4.43. The molecular formula is C9H12F4N2O. The second-order valence-electron chi connectivity index (χ2n) is 3.32. The van der Waals surface area contributed by atoms with Crippen LogP contribution in [0.2, 0.25) is 0 Å². The summed E-state index contributed by atoms with van der Waals surface area (Å²) in [6.07, 6.45) is -1.22. The lowest BCUT2D eigenvalue weighted by Crippen LogP contribution is -2.34. The highest BCUT2D eigenvalue weighted by molar-refractivity contribution is 5.79. The molecule has 3 nitrogen and oxygen atoms in total. The van der Waals surface area contributed by atoms with Gasteiger partial charge in [0.05, 0.1) is 0 Å². The first-order valence-electron chi connectivity index (χ1n) is 4.65. The van der Waals surface area contributed by atoms with Gasteiger partial charge in [-0.3, -0.25) is 4.99 Å². The maximum atomic E-state index is 12.5. The number of rotatable bonds is 5. The molecule has 1 aliphatic heterocycles. The summed E-state index contributed by atoms with van der Waals surface area (Å²) in [6.45, 7) is -1.04. The molecule has 0 spiro atoms. The molecule has 7 heteroatoms. The third-order valence-electron chi connectivity index (χ3n) is 2.01. The van der Waals surface area contributed by atoms with Crippen molar-refractivity contribution < 1.29 is 22.3 Å². The smallest absolute Gasteiger partial charge is 0.330 e. The van der Waals surface area contributed by atoms with Crippen molar-refractivity contribution in [3.8, 4) is 0 Å². The van der Waals surface area contributed by atoms with Gasteiger partial charge in [0.1, 0.15) is 6.61 Å². The van der Waals surface area contributed by atoms with Gasteiger partial charge in [0.2, 0.25) is 0 Å². The average molecular weight is 240 g/mol. The number of nitrogens with zero attached hydrogens (tertiary/aromatic N) is 1. The van der Waals surface area contributed by atoms with Gasteiger partial charge in [0.25, 0.3) is 0 Å². The second-order valence-corrected chi connectivity index (χ2v) is 3.32. The average Bonchev–Trinajstić information content (AvgIpc) is 2.27. The zero-order valence-electron chi connectivity index (χ0n) is 8.38. The van der Waals surface area contributed by atoms with Crippen LogP contribution in [-0.2, 0) is 4.74 Å². The highest BCUT2D eigenvalue weighted by atomic mass is 19.3. The van der Waals surface area contributed by atoms with Crippen LogP contribution in [-0.4, -0.2) is 37.9 Å². The highest BCUT2D eigenvalue weighted by Gasteiger charge is 2.41. The first-order valence-corrected chi connectivity index (χ1v) is 4.65. The fraction of sp³-hybridized carbons (Fsp3) is 0.667. The topological polar surface area (TPSA) is 47.6 Å². The molecule has 2 N–H and O–H groups in total. The molecule has 0 saturated heterocycles. The Hall–Kier alpha value is -0.950. The van der Waals surface area contributed by atoms with E-state index in [1.807, 2.05) is 0 Å². The minimum absolute atomic E-state index is 0.266. The minimum atomic E-state index is -4.13. The summed E-state index contributed by atoms with van der Waals surface area (Å²) in [5.74, 6) is -4.13. The molecule has 0 aromatic heterocycles. The van der Waals surface area contributed by atoms with Crippen LogP contribution < -0.4 is 5.73 Å². The van der Waals surface area contributed by atoms with Gasteiger partial charge in [-0.05, 0) is 5.57 Å². The fourth-order valence-corrected chi connectivity index (χ4v) is 1.06. The van der Waals surface area contributed by atoms with Gasteiger partial charge in [-0.15, -0.1) is 0 Å². The van der Waals surface area contributed by atoms with Gasteiger partial charge >= 0.3 is 12.3 Å². The Morgan fingerprint density at radius 2 is 2.25 bits per heavy atom. The quantitative estimate of drug-likeness (QED) is 0.742. The standard InChI is InChI=1S/C9H12F4N2O/c10-8(11)9(12,13)5-16-7-2-1-6(3-14)4-15-7/h1,4,7-8H,2-3,5,14H2. The monoisotopic (exact) mass is 240 g/mol. The van der Waals surface area contributed by atoms with Crippen LogP contribution in [0.3, 0.4) is 0 Å².